The lowest BCUT2D eigenvalue weighted by Crippen LogP contribution is -2.01. The van der Waals surface area contributed by atoms with Gasteiger partial charge in [-0.05, 0) is 30.5 Å². The van der Waals surface area contributed by atoms with Gasteiger partial charge in [0.1, 0.15) is 0 Å². The molecule has 0 aliphatic rings. The van der Waals surface area contributed by atoms with Crippen LogP contribution >= 0.6 is 0 Å². The Morgan fingerprint density at radius 2 is 1.62 bits per heavy atom. The Bertz CT molecular complexity index is 689. The van der Waals surface area contributed by atoms with E-state index in [2.05, 4.69) is 25.0 Å². The topological polar surface area (TPSA) is 17.1 Å². The van der Waals surface area contributed by atoms with Gasteiger partial charge in [0.2, 0.25) is 0 Å². The lowest BCUT2D eigenvalue weighted by atomic mass is 9.99. The normalized spacial score (nSPS) is 10.3. The number of hydrogen-bond donors (Lipinski definition) is 0. The molecule has 2 aromatic rings. The van der Waals surface area contributed by atoms with Gasteiger partial charge in [-0.25, -0.2) is 0 Å². The fourth-order valence-electron chi connectivity index (χ4n) is 2.85. The van der Waals surface area contributed by atoms with Gasteiger partial charge in [-0.2, -0.15) is 0 Å². The molecule has 24 heavy (non-hydrogen) atoms. The van der Waals surface area contributed by atoms with Crippen molar-refractivity contribution in [1.82, 2.24) is 0 Å². The number of aryl methyl sites for hydroxylation is 1. The van der Waals surface area contributed by atoms with Gasteiger partial charge in [0.25, 0.3) is 0 Å². The maximum absolute atomic E-state index is 12.5. The maximum atomic E-state index is 12.5. The van der Waals surface area contributed by atoms with Crippen molar-refractivity contribution in [2.75, 3.05) is 0 Å². The summed E-state index contributed by atoms with van der Waals surface area (Å²) >= 11 is 0. The lowest BCUT2D eigenvalue weighted by molar-refractivity contribution is 0.103. The summed E-state index contributed by atoms with van der Waals surface area (Å²) < 4.78 is 0. The first-order valence-corrected chi connectivity index (χ1v) is 8.95. The number of ketones is 1. The zero-order valence-electron chi connectivity index (χ0n) is 14.6. The molecular formula is C23H26O. The molecule has 0 N–H and O–H groups in total. The predicted octanol–water partition coefficient (Wildman–Crippen LogP) is 5.80. The van der Waals surface area contributed by atoms with E-state index in [0.717, 1.165) is 17.5 Å². The standard InChI is InChI=1S/C23H26O/c1-3-5-6-7-8-9-11-20-14-16-21(17-15-20)23(24)22-13-10-12-19(4-2)18-22/h2,10,12-18H,3,5-9,11H2,1H3. The van der Waals surface area contributed by atoms with E-state index in [0.29, 0.717) is 5.56 Å². The Morgan fingerprint density at radius 3 is 2.33 bits per heavy atom. The largest absolute Gasteiger partial charge is 0.289 e. The average molecular weight is 318 g/mol. The van der Waals surface area contributed by atoms with Crippen LogP contribution in [0.2, 0.25) is 0 Å². The first kappa shape index (κ1) is 18.0. The van der Waals surface area contributed by atoms with Gasteiger partial charge in [-0.15, -0.1) is 6.42 Å². The van der Waals surface area contributed by atoms with Crippen molar-refractivity contribution < 1.29 is 4.79 Å². The number of carbonyl (C=O) groups is 1. The molecule has 0 unspecified atom stereocenters. The summed E-state index contributed by atoms with van der Waals surface area (Å²) in [6.07, 6.45) is 14.3. The van der Waals surface area contributed by atoms with Crippen LogP contribution in [0.4, 0.5) is 0 Å². The molecule has 0 fully saturated rings. The van der Waals surface area contributed by atoms with E-state index in [1.807, 2.05) is 30.3 Å². The second-order valence-corrected chi connectivity index (χ2v) is 6.27. The Kier molecular flexibility index (Phi) is 7.30. The molecule has 0 aliphatic heterocycles. The summed E-state index contributed by atoms with van der Waals surface area (Å²) in [5, 5.41) is 0. The van der Waals surface area contributed by atoms with Crippen molar-refractivity contribution in [3.8, 4) is 12.3 Å². The number of carbonyl (C=O) groups excluding carboxylic acids is 1. The summed E-state index contributed by atoms with van der Waals surface area (Å²) in [4.78, 5) is 12.5. The molecule has 0 aliphatic carbocycles. The molecule has 124 valence electrons. The van der Waals surface area contributed by atoms with E-state index in [1.165, 1.54) is 44.1 Å². The van der Waals surface area contributed by atoms with Crippen molar-refractivity contribution in [2.45, 2.75) is 51.9 Å². The Hall–Kier alpha value is -2.33. The third-order valence-electron chi connectivity index (χ3n) is 4.33. The molecule has 1 nitrogen and oxygen atoms in total. The van der Waals surface area contributed by atoms with Crippen LogP contribution in [0.25, 0.3) is 0 Å². The molecule has 0 radical (unpaired) electrons. The van der Waals surface area contributed by atoms with Crippen molar-refractivity contribution >= 4 is 5.78 Å². The highest BCUT2D eigenvalue weighted by atomic mass is 16.1. The second kappa shape index (κ2) is 9.73. The van der Waals surface area contributed by atoms with Gasteiger partial charge >= 0.3 is 0 Å². The lowest BCUT2D eigenvalue weighted by Gasteiger charge is -2.05. The van der Waals surface area contributed by atoms with E-state index in [-0.39, 0.29) is 5.78 Å². The molecule has 0 atom stereocenters. The maximum Gasteiger partial charge on any atom is 0.193 e. The Balaban J connectivity index is 1.89. The van der Waals surface area contributed by atoms with Gasteiger partial charge in [0.15, 0.2) is 5.78 Å². The predicted molar refractivity (Wildman–Crippen MR) is 101 cm³/mol. The van der Waals surface area contributed by atoms with Crippen LogP contribution in [0.3, 0.4) is 0 Å². The van der Waals surface area contributed by atoms with E-state index in [1.54, 1.807) is 6.07 Å². The third kappa shape index (κ3) is 5.39. The summed E-state index contributed by atoms with van der Waals surface area (Å²) in [5.74, 6) is 2.60. The molecule has 0 saturated heterocycles. The molecule has 0 spiro atoms. The SMILES string of the molecule is C#Cc1cccc(C(=O)c2ccc(CCCCCCCC)cc2)c1. The van der Waals surface area contributed by atoms with E-state index in [9.17, 15) is 4.79 Å². The minimum absolute atomic E-state index is 0.0261. The number of unbranched alkanes of at least 4 members (excludes halogenated alkanes) is 5. The third-order valence-corrected chi connectivity index (χ3v) is 4.33. The fraction of sp³-hybridized carbons (Fsp3) is 0.348. The van der Waals surface area contributed by atoms with E-state index < -0.39 is 0 Å². The monoisotopic (exact) mass is 318 g/mol. The summed E-state index contributed by atoms with van der Waals surface area (Å²) in [5.41, 5.74) is 3.41. The molecule has 0 heterocycles. The number of terminal acetylenes is 1. The summed E-state index contributed by atoms with van der Waals surface area (Å²) in [6, 6.07) is 15.2. The van der Waals surface area contributed by atoms with Crippen LogP contribution in [-0.2, 0) is 6.42 Å². The van der Waals surface area contributed by atoms with Gasteiger partial charge in [-0.3, -0.25) is 4.79 Å². The minimum Gasteiger partial charge on any atom is -0.289 e. The number of benzene rings is 2. The molecule has 1 heteroatoms. The van der Waals surface area contributed by atoms with Gasteiger partial charge in [0, 0.05) is 16.7 Å². The number of hydrogen-bond acceptors (Lipinski definition) is 1. The Labute approximate surface area is 146 Å². The summed E-state index contributed by atoms with van der Waals surface area (Å²) in [6.45, 7) is 2.24. The highest BCUT2D eigenvalue weighted by molar-refractivity contribution is 6.09. The smallest absolute Gasteiger partial charge is 0.193 e. The van der Waals surface area contributed by atoms with Crippen molar-refractivity contribution in [3.05, 3.63) is 70.8 Å². The Morgan fingerprint density at radius 1 is 0.917 bits per heavy atom. The quantitative estimate of drug-likeness (QED) is 0.324. The van der Waals surface area contributed by atoms with Crippen LogP contribution in [0.15, 0.2) is 48.5 Å². The van der Waals surface area contributed by atoms with Gasteiger partial charge in [-0.1, -0.05) is 81.3 Å². The average Bonchev–Trinajstić information content (AvgIpc) is 2.64. The first-order chi connectivity index (χ1) is 11.7. The zero-order valence-corrected chi connectivity index (χ0v) is 14.6. The first-order valence-electron chi connectivity index (χ1n) is 8.95. The highest BCUT2D eigenvalue weighted by Gasteiger charge is 2.09. The molecule has 2 aromatic carbocycles. The fourth-order valence-corrected chi connectivity index (χ4v) is 2.85. The van der Waals surface area contributed by atoms with Crippen molar-refractivity contribution in [3.63, 3.8) is 0 Å². The highest BCUT2D eigenvalue weighted by Crippen LogP contribution is 2.15. The van der Waals surface area contributed by atoms with Crippen molar-refractivity contribution in [2.24, 2.45) is 0 Å². The van der Waals surface area contributed by atoms with Gasteiger partial charge in [0.05, 0.1) is 0 Å². The molecule has 2 rings (SSSR count). The van der Waals surface area contributed by atoms with Crippen LogP contribution in [0.5, 0.6) is 0 Å². The molecule has 0 saturated carbocycles. The van der Waals surface area contributed by atoms with Crippen LogP contribution < -0.4 is 0 Å². The number of rotatable bonds is 9. The molecular weight excluding hydrogens is 292 g/mol. The zero-order chi connectivity index (χ0) is 17.2. The van der Waals surface area contributed by atoms with Crippen LogP contribution in [0, 0.1) is 12.3 Å². The molecule has 0 amide bonds. The molecule has 0 bridgehead atoms. The van der Waals surface area contributed by atoms with Crippen LogP contribution in [-0.4, -0.2) is 5.78 Å². The summed E-state index contributed by atoms with van der Waals surface area (Å²) in [7, 11) is 0. The second-order valence-electron chi connectivity index (χ2n) is 6.27. The van der Waals surface area contributed by atoms with Crippen molar-refractivity contribution in [1.29, 1.82) is 0 Å². The minimum atomic E-state index is 0.0261. The van der Waals surface area contributed by atoms with E-state index in [4.69, 9.17) is 6.42 Å². The van der Waals surface area contributed by atoms with Crippen LogP contribution in [0.1, 0.15) is 72.5 Å². The van der Waals surface area contributed by atoms with Gasteiger partial charge < -0.3 is 0 Å². The molecule has 0 aromatic heterocycles. The van der Waals surface area contributed by atoms with E-state index >= 15 is 0 Å².